The molecule has 1 N–H and O–H groups in total. The van der Waals surface area contributed by atoms with Crippen molar-refractivity contribution in [1.29, 1.82) is 0 Å². The van der Waals surface area contributed by atoms with E-state index in [1.54, 1.807) is 17.6 Å². The second-order valence-electron chi connectivity index (χ2n) is 5.90. The number of likely N-dealkylation sites (N-methyl/N-ethyl adjacent to an activating group) is 1. The second-order valence-corrected chi connectivity index (χ2v) is 6.88. The number of phenols is 1. The molecule has 0 unspecified atom stereocenters. The highest BCUT2D eigenvalue weighted by molar-refractivity contribution is 7.10. The fourth-order valence-electron chi connectivity index (χ4n) is 2.67. The number of thiophene rings is 1. The summed E-state index contributed by atoms with van der Waals surface area (Å²) in [7, 11) is 4.13. The van der Waals surface area contributed by atoms with E-state index in [9.17, 15) is 5.11 Å². The van der Waals surface area contributed by atoms with Gasteiger partial charge in [-0.25, -0.2) is 0 Å². The first kappa shape index (κ1) is 18.5. The number of hydrogen-bond donors (Lipinski definition) is 1. The molecular formula is C19H27N3OS. The molecule has 4 nitrogen and oxygen atoms in total. The van der Waals surface area contributed by atoms with Crippen molar-refractivity contribution in [3.05, 3.63) is 46.2 Å². The van der Waals surface area contributed by atoms with Crippen LogP contribution < -0.4 is 4.90 Å². The van der Waals surface area contributed by atoms with Gasteiger partial charge in [0.05, 0.1) is 12.6 Å². The highest BCUT2D eigenvalue weighted by Crippen LogP contribution is 2.25. The van der Waals surface area contributed by atoms with Gasteiger partial charge in [-0.2, -0.15) is 0 Å². The summed E-state index contributed by atoms with van der Waals surface area (Å²) in [5, 5.41) is 12.4. The zero-order chi connectivity index (χ0) is 17.5. The molecule has 0 amide bonds. The van der Waals surface area contributed by atoms with Crippen LogP contribution in [0, 0.1) is 0 Å². The van der Waals surface area contributed by atoms with Gasteiger partial charge in [0.15, 0.2) is 0 Å². The number of rotatable bonds is 8. The van der Waals surface area contributed by atoms with Crippen molar-refractivity contribution in [3.8, 4) is 5.75 Å². The summed E-state index contributed by atoms with van der Waals surface area (Å²) in [6, 6.07) is 10.3. The smallest absolute Gasteiger partial charge is 0.126 e. The number of benzene rings is 1. The average molecular weight is 346 g/mol. The van der Waals surface area contributed by atoms with Gasteiger partial charge in [-0.05, 0) is 51.5 Å². The van der Waals surface area contributed by atoms with E-state index < -0.39 is 0 Å². The van der Waals surface area contributed by atoms with E-state index in [4.69, 9.17) is 0 Å². The van der Waals surface area contributed by atoms with E-state index in [0.29, 0.717) is 6.54 Å². The second kappa shape index (κ2) is 8.85. The molecule has 1 aromatic heterocycles. The van der Waals surface area contributed by atoms with E-state index in [0.717, 1.165) is 24.3 Å². The Kier molecular flexibility index (Phi) is 6.82. The molecule has 24 heavy (non-hydrogen) atoms. The van der Waals surface area contributed by atoms with Crippen LogP contribution in [0.5, 0.6) is 5.75 Å². The Bertz CT molecular complexity index is 649. The van der Waals surface area contributed by atoms with E-state index in [2.05, 4.69) is 60.2 Å². The third-order valence-corrected chi connectivity index (χ3v) is 5.12. The van der Waals surface area contributed by atoms with E-state index >= 15 is 0 Å². The number of aromatic hydroxyl groups is 1. The number of anilines is 1. The maximum Gasteiger partial charge on any atom is 0.126 e. The molecule has 0 saturated carbocycles. The van der Waals surface area contributed by atoms with Gasteiger partial charge >= 0.3 is 0 Å². The minimum Gasteiger partial charge on any atom is -0.507 e. The fourth-order valence-corrected chi connectivity index (χ4v) is 3.58. The summed E-state index contributed by atoms with van der Waals surface area (Å²) in [5.41, 5.74) is 1.80. The molecule has 1 heterocycles. The number of nitrogens with zero attached hydrogens (tertiary/aromatic N) is 3. The van der Waals surface area contributed by atoms with Gasteiger partial charge in [0.1, 0.15) is 5.75 Å². The lowest BCUT2D eigenvalue weighted by Crippen LogP contribution is -2.22. The zero-order valence-electron chi connectivity index (χ0n) is 14.9. The summed E-state index contributed by atoms with van der Waals surface area (Å²) in [5.74, 6) is 0.278. The Labute approximate surface area is 149 Å². The Balaban J connectivity index is 2.08. The van der Waals surface area contributed by atoms with Gasteiger partial charge in [0.25, 0.3) is 0 Å². The van der Waals surface area contributed by atoms with Gasteiger partial charge in [0.2, 0.25) is 0 Å². The lowest BCUT2D eigenvalue weighted by Gasteiger charge is -2.22. The summed E-state index contributed by atoms with van der Waals surface area (Å²) in [6.07, 6.45) is 1.77. The monoisotopic (exact) mass is 345 g/mol. The van der Waals surface area contributed by atoms with Gasteiger partial charge in [-0.3, -0.25) is 4.99 Å². The molecule has 0 aliphatic carbocycles. The average Bonchev–Trinajstić information content (AvgIpc) is 3.08. The Morgan fingerprint density at radius 1 is 1.21 bits per heavy atom. The van der Waals surface area contributed by atoms with Crippen molar-refractivity contribution in [2.45, 2.75) is 19.9 Å². The van der Waals surface area contributed by atoms with Crippen LogP contribution in [0.4, 0.5) is 5.69 Å². The molecule has 0 aliphatic rings. The van der Waals surface area contributed by atoms with Gasteiger partial charge < -0.3 is 14.9 Å². The Hall–Kier alpha value is -1.85. The lowest BCUT2D eigenvalue weighted by atomic mass is 10.1. The van der Waals surface area contributed by atoms with E-state index in [-0.39, 0.29) is 11.8 Å². The third-order valence-electron chi connectivity index (χ3n) is 4.15. The lowest BCUT2D eigenvalue weighted by molar-refractivity contribution is 0.311. The van der Waals surface area contributed by atoms with Crippen LogP contribution in [0.2, 0.25) is 0 Å². The summed E-state index contributed by atoms with van der Waals surface area (Å²) in [6.45, 7) is 6.75. The Morgan fingerprint density at radius 3 is 2.50 bits per heavy atom. The van der Waals surface area contributed by atoms with Crippen LogP contribution in [-0.4, -0.2) is 50.0 Å². The van der Waals surface area contributed by atoms with Crippen LogP contribution >= 0.6 is 11.3 Å². The first-order chi connectivity index (χ1) is 11.6. The minimum atomic E-state index is 0.262. The van der Waals surface area contributed by atoms with E-state index in [1.165, 1.54) is 4.88 Å². The molecule has 1 atom stereocenters. The highest BCUT2D eigenvalue weighted by atomic mass is 32.1. The molecule has 0 radical (unpaired) electrons. The topological polar surface area (TPSA) is 39.1 Å². The van der Waals surface area contributed by atoms with Crippen molar-refractivity contribution in [1.82, 2.24) is 4.90 Å². The van der Waals surface area contributed by atoms with Gasteiger partial charge in [-0.1, -0.05) is 6.07 Å². The maximum absolute atomic E-state index is 10.3. The number of hydrogen-bond acceptors (Lipinski definition) is 5. The summed E-state index contributed by atoms with van der Waals surface area (Å²) >= 11 is 1.75. The highest BCUT2D eigenvalue weighted by Gasteiger charge is 2.14. The zero-order valence-corrected chi connectivity index (χ0v) is 15.8. The van der Waals surface area contributed by atoms with Gasteiger partial charge in [0, 0.05) is 41.5 Å². The first-order valence-electron chi connectivity index (χ1n) is 8.34. The van der Waals surface area contributed by atoms with E-state index in [1.807, 2.05) is 18.2 Å². The Morgan fingerprint density at radius 2 is 1.96 bits per heavy atom. The molecule has 0 aliphatic heterocycles. The van der Waals surface area contributed by atoms with Crippen molar-refractivity contribution in [2.75, 3.05) is 38.6 Å². The SMILES string of the molecule is CCN(CC)c1ccc(C=NC[C@H](c2cccs2)N(C)C)c(O)c1. The molecular weight excluding hydrogens is 318 g/mol. The molecule has 0 bridgehead atoms. The molecule has 1 aromatic carbocycles. The predicted octanol–water partition coefficient (Wildman–Crippen LogP) is 4.02. The van der Waals surface area contributed by atoms with Gasteiger partial charge in [-0.15, -0.1) is 11.3 Å². The molecule has 2 aromatic rings. The largest absolute Gasteiger partial charge is 0.507 e. The van der Waals surface area contributed by atoms with Crippen LogP contribution in [0.25, 0.3) is 0 Å². The van der Waals surface area contributed by atoms with Crippen LogP contribution in [0.1, 0.15) is 30.3 Å². The molecule has 0 fully saturated rings. The molecule has 0 spiro atoms. The van der Waals surface area contributed by atoms with Crippen molar-refractivity contribution >= 4 is 23.2 Å². The molecule has 2 rings (SSSR count). The standard InChI is InChI=1S/C19H27N3OS/c1-5-22(6-2)16-10-9-15(18(23)12-16)13-20-14-17(21(3)4)19-8-7-11-24-19/h7-13,17,23H,5-6,14H2,1-4H3/t17-/m1/s1. The summed E-state index contributed by atoms with van der Waals surface area (Å²) in [4.78, 5) is 10.2. The van der Waals surface area contributed by atoms with Crippen molar-refractivity contribution < 1.29 is 5.11 Å². The third kappa shape index (κ3) is 4.58. The predicted molar refractivity (Wildman–Crippen MR) is 105 cm³/mol. The molecule has 0 saturated heterocycles. The quantitative estimate of drug-likeness (QED) is 0.735. The van der Waals surface area contributed by atoms with Crippen molar-refractivity contribution in [3.63, 3.8) is 0 Å². The van der Waals surface area contributed by atoms with Crippen LogP contribution in [-0.2, 0) is 0 Å². The maximum atomic E-state index is 10.3. The van der Waals surface area contributed by atoms with Crippen LogP contribution in [0.15, 0.2) is 40.7 Å². The molecule has 5 heteroatoms. The van der Waals surface area contributed by atoms with Crippen molar-refractivity contribution in [2.24, 2.45) is 4.99 Å². The molecule has 130 valence electrons. The van der Waals surface area contributed by atoms with Crippen LogP contribution in [0.3, 0.4) is 0 Å². The number of phenolic OH excluding ortho intramolecular Hbond substituents is 1. The summed E-state index contributed by atoms with van der Waals surface area (Å²) < 4.78 is 0. The first-order valence-corrected chi connectivity index (χ1v) is 9.22. The normalized spacial score (nSPS) is 12.9. The fraction of sp³-hybridized carbons (Fsp3) is 0.421. The minimum absolute atomic E-state index is 0.262. The number of aliphatic imine (C=N–C) groups is 1.